The molecule has 2 aromatic rings. The number of rotatable bonds is 4. The average molecular weight is 318 g/mol. The van der Waals surface area contributed by atoms with Gasteiger partial charge in [0.1, 0.15) is 6.61 Å². The number of amides is 2. The van der Waals surface area contributed by atoms with Gasteiger partial charge in [-0.2, -0.15) is 0 Å². The standard InChI is InChI=1S/C16H18N2O3S/c1-11(15-7-4-8-22-15)18-16(19)17-9-12-10-20-13-5-2-3-6-14(13)21-12/h2-8,11-12H,9-10H2,1H3,(H2,17,18,19)/t11-,12+/m1/s1. The zero-order chi connectivity index (χ0) is 15.4. The van der Waals surface area contributed by atoms with Gasteiger partial charge in [0.15, 0.2) is 17.6 Å². The van der Waals surface area contributed by atoms with Gasteiger partial charge in [-0.15, -0.1) is 11.3 Å². The molecule has 22 heavy (non-hydrogen) atoms. The lowest BCUT2D eigenvalue weighted by molar-refractivity contribution is 0.0917. The number of benzene rings is 1. The van der Waals surface area contributed by atoms with E-state index in [0.29, 0.717) is 18.9 Å². The highest BCUT2D eigenvalue weighted by molar-refractivity contribution is 7.10. The second kappa shape index (κ2) is 6.70. The van der Waals surface area contributed by atoms with Crippen molar-refractivity contribution in [2.75, 3.05) is 13.2 Å². The van der Waals surface area contributed by atoms with Crippen molar-refractivity contribution in [3.8, 4) is 11.5 Å². The Balaban J connectivity index is 1.46. The van der Waals surface area contributed by atoms with Gasteiger partial charge in [0.05, 0.1) is 12.6 Å². The van der Waals surface area contributed by atoms with Crippen molar-refractivity contribution in [1.29, 1.82) is 0 Å². The van der Waals surface area contributed by atoms with Crippen LogP contribution in [0.2, 0.25) is 0 Å². The van der Waals surface area contributed by atoms with Crippen molar-refractivity contribution >= 4 is 17.4 Å². The quantitative estimate of drug-likeness (QED) is 0.911. The summed E-state index contributed by atoms with van der Waals surface area (Å²) in [5.74, 6) is 1.46. The number of nitrogens with one attached hydrogen (secondary N) is 2. The lowest BCUT2D eigenvalue weighted by atomic mass is 10.2. The summed E-state index contributed by atoms with van der Waals surface area (Å²) in [6.07, 6.45) is -0.183. The van der Waals surface area contributed by atoms with Crippen LogP contribution in [0.25, 0.3) is 0 Å². The van der Waals surface area contributed by atoms with E-state index in [1.807, 2.05) is 48.7 Å². The lowest BCUT2D eigenvalue weighted by Gasteiger charge is -2.26. The van der Waals surface area contributed by atoms with E-state index in [4.69, 9.17) is 9.47 Å². The Labute approximate surface area is 133 Å². The third-order valence-electron chi connectivity index (χ3n) is 3.38. The summed E-state index contributed by atoms with van der Waals surface area (Å²) in [4.78, 5) is 13.0. The topological polar surface area (TPSA) is 59.6 Å². The van der Waals surface area contributed by atoms with Crippen LogP contribution in [0, 0.1) is 0 Å². The number of ether oxygens (including phenoxy) is 2. The molecule has 0 saturated heterocycles. The molecule has 2 heterocycles. The predicted molar refractivity (Wildman–Crippen MR) is 85.6 cm³/mol. The molecule has 0 fully saturated rings. The molecular weight excluding hydrogens is 300 g/mol. The molecule has 1 aromatic heterocycles. The van der Waals surface area contributed by atoms with Crippen LogP contribution >= 0.6 is 11.3 Å². The zero-order valence-corrected chi connectivity index (χ0v) is 13.1. The SMILES string of the molecule is C[C@@H](NC(=O)NC[C@H]1COc2ccccc2O1)c1cccs1. The maximum Gasteiger partial charge on any atom is 0.315 e. The molecular formula is C16H18N2O3S. The smallest absolute Gasteiger partial charge is 0.315 e. The van der Waals surface area contributed by atoms with Crippen molar-refractivity contribution < 1.29 is 14.3 Å². The number of fused-ring (bicyclic) bond motifs is 1. The Kier molecular flexibility index (Phi) is 4.48. The molecule has 2 atom stereocenters. The molecule has 1 aromatic carbocycles. The first kappa shape index (κ1) is 14.7. The van der Waals surface area contributed by atoms with Crippen molar-refractivity contribution in [2.24, 2.45) is 0 Å². The van der Waals surface area contributed by atoms with Crippen LogP contribution in [-0.4, -0.2) is 25.3 Å². The lowest BCUT2D eigenvalue weighted by Crippen LogP contribution is -2.44. The second-order valence-corrected chi connectivity index (χ2v) is 6.07. The first-order valence-electron chi connectivity index (χ1n) is 7.18. The molecule has 116 valence electrons. The molecule has 0 radical (unpaired) electrons. The molecule has 3 rings (SSSR count). The minimum Gasteiger partial charge on any atom is -0.486 e. The molecule has 0 spiro atoms. The Bertz CT molecular complexity index is 630. The van der Waals surface area contributed by atoms with Crippen LogP contribution in [0.3, 0.4) is 0 Å². The number of carbonyl (C=O) groups excluding carboxylic acids is 1. The molecule has 2 amide bonds. The monoisotopic (exact) mass is 318 g/mol. The third kappa shape index (κ3) is 3.51. The van der Waals surface area contributed by atoms with E-state index in [-0.39, 0.29) is 18.2 Å². The number of para-hydroxylation sites is 2. The van der Waals surface area contributed by atoms with Crippen molar-refractivity contribution in [3.63, 3.8) is 0 Å². The first-order chi connectivity index (χ1) is 10.7. The van der Waals surface area contributed by atoms with E-state index >= 15 is 0 Å². The van der Waals surface area contributed by atoms with Crippen LogP contribution < -0.4 is 20.1 Å². The zero-order valence-electron chi connectivity index (χ0n) is 12.2. The summed E-state index contributed by atoms with van der Waals surface area (Å²) in [5, 5.41) is 7.73. The van der Waals surface area contributed by atoms with E-state index in [9.17, 15) is 4.79 Å². The minimum atomic E-state index is -0.205. The highest BCUT2D eigenvalue weighted by Gasteiger charge is 2.21. The average Bonchev–Trinajstić information content (AvgIpc) is 3.07. The minimum absolute atomic E-state index is 0.00995. The van der Waals surface area contributed by atoms with Crippen LogP contribution in [-0.2, 0) is 0 Å². The fraction of sp³-hybridized carbons (Fsp3) is 0.312. The number of thiophene rings is 1. The molecule has 1 aliphatic heterocycles. The molecule has 0 unspecified atom stereocenters. The summed E-state index contributed by atoms with van der Waals surface area (Å²) < 4.78 is 11.4. The molecule has 0 bridgehead atoms. The number of urea groups is 1. The van der Waals surface area contributed by atoms with Crippen LogP contribution in [0.15, 0.2) is 41.8 Å². The van der Waals surface area contributed by atoms with Crippen molar-refractivity contribution in [1.82, 2.24) is 10.6 Å². The van der Waals surface area contributed by atoms with Gasteiger partial charge in [-0.25, -0.2) is 4.79 Å². The van der Waals surface area contributed by atoms with Gasteiger partial charge < -0.3 is 20.1 Å². The predicted octanol–water partition coefficient (Wildman–Crippen LogP) is 2.95. The second-order valence-electron chi connectivity index (χ2n) is 5.09. The summed E-state index contributed by atoms with van der Waals surface area (Å²) in [6, 6.07) is 11.3. The van der Waals surface area contributed by atoms with Crippen molar-refractivity contribution in [3.05, 3.63) is 46.7 Å². The summed E-state index contributed by atoms with van der Waals surface area (Å²) in [5.41, 5.74) is 0. The molecule has 5 nitrogen and oxygen atoms in total. The van der Waals surface area contributed by atoms with Gasteiger partial charge in [-0.05, 0) is 30.5 Å². The largest absolute Gasteiger partial charge is 0.486 e. The molecule has 2 N–H and O–H groups in total. The van der Waals surface area contributed by atoms with Crippen LogP contribution in [0.1, 0.15) is 17.8 Å². The summed E-state index contributed by atoms with van der Waals surface area (Å²) >= 11 is 1.62. The van der Waals surface area contributed by atoms with E-state index in [1.54, 1.807) is 11.3 Å². The van der Waals surface area contributed by atoms with Crippen LogP contribution in [0.5, 0.6) is 11.5 Å². The van der Waals surface area contributed by atoms with E-state index in [0.717, 1.165) is 10.6 Å². The van der Waals surface area contributed by atoms with Crippen molar-refractivity contribution in [2.45, 2.75) is 19.1 Å². The third-order valence-corrected chi connectivity index (χ3v) is 4.43. The number of hydrogen-bond acceptors (Lipinski definition) is 4. The Morgan fingerprint density at radius 3 is 2.91 bits per heavy atom. The fourth-order valence-electron chi connectivity index (χ4n) is 2.23. The molecule has 6 heteroatoms. The maximum atomic E-state index is 11.9. The van der Waals surface area contributed by atoms with Gasteiger partial charge in [-0.3, -0.25) is 0 Å². The van der Waals surface area contributed by atoms with Gasteiger partial charge in [0.25, 0.3) is 0 Å². The Hall–Kier alpha value is -2.21. The fourth-order valence-corrected chi connectivity index (χ4v) is 2.96. The molecule has 0 saturated carbocycles. The van der Waals surface area contributed by atoms with Gasteiger partial charge in [-0.1, -0.05) is 18.2 Å². The normalized spacial score (nSPS) is 17.6. The number of carbonyl (C=O) groups is 1. The maximum absolute atomic E-state index is 11.9. The van der Waals surface area contributed by atoms with Gasteiger partial charge in [0, 0.05) is 4.88 Å². The summed E-state index contributed by atoms with van der Waals surface area (Å²) in [6.45, 7) is 2.79. The Morgan fingerprint density at radius 1 is 1.32 bits per heavy atom. The van der Waals surface area contributed by atoms with Gasteiger partial charge >= 0.3 is 6.03 Å². The van der Waals surface area contributed by atoms with Gasteiger partial charge in [0.2, 0.25) is 0 Å². The Morgan fingerprint density at radius 2 is 2.14 bits per heavy atom. The highest BCUT2D eigenvalue weighted by atomic mass is 32.1. The summed E-state index contributed by atoms with van der Waals surface area (Å²) in [7, 11) is 0. The van der Waals surface area contributed by atoms with E-state index < -0.39 is 0 Å². The first-order valence-corrected chi connectivity index (χ1v) is 8.06. The molecule has 0 aliphatic carbocycles. The number of hydrogen-bond donors (Lipinski definition) is 2. The molecule has 1 aliphatic rings. The van der Waals surface area contributed by atoms with E-state index in [1.165, 1.54) is 0 Å². The van der Waals surface area contributed by atoms with Crippen LogP contribution in [0.4, 0.5) is 4.79 Å². The van der Waals surface area contributed by atoms with E-state index in [2.05, 4.69) is 10.6 Å². The highest BCUT2D eigenvalue weighted by Crippen LogP contribution is 2.30.